The maximum absolute atomic E-state index is 5.20. The maximum atomic E-state index is 5.20. The van der Waals surface area contributed by atoms with E-state index in [0.29, 0.717) is 6.04 Å². The molecule has 0 aliphatic carbocycles. The van der Waals surface area contributed by atoms with Gasteiger partial charge in [-0.25, -0.2) is 9.67 Å². The van der Waals surface area contributed by atoms with Gasteiger partial charge in [0.05, 0.1) is 18.8 Å². The highest BCUT2D eigenvalue weighted by Gasteiger charge is 2.21. The molecule has 19 heavy (non-hydrogen) atoms. The van der Waals surface area contributed by atoms with Crippen molar-refractivity contribution in [3.05, 3.63) is 29.2 Å². The summed E-state index contributed by atoms with van der Waals surface area (Å²) in [6.07, 6.45) is 2.98. The standard InChI is InChI=1S/C13H19N5O/c1-3-12-15-13-5-4-10(8-18(13)16-12)14-7-11-6-9(2)17-19-11/h6,10,14H,3-5,7-8H2,1-2H3/t10-/m0/s1. The Morgan fingerprint density at radius 2 is 2.42 bits per heavy atom. The molecule has 102 valence electrons. The fraction of sp³-hybridized carbons (Fsp3) is 0.615. The molecule has 2 aromatic heterocycles. The molecule has 1 aliphatic heterocycles. The summed E-state index contributed by atoms with van der Waals surface area (Å²) in [5.74, 6) is 2.95. The average Bonchev–Trinajstić information content (AvgIpc) is 3.01. The molecular weight excluding hydrogens is 242 g/mol. The van der Waals surface area contributed by atoms with Crippen LogP contribution in [-0.4, -0.2) is 26.0 Å². The highest BCUT2D eigenvalue weighted by atomic mass is 16.5. The van der Waals surface area contributed by atoms with Gasteiger partial charge in [-0.2, -0.15) is 5.10 Å². The highest BCUT2D eigenvalue weighted by molar-refractivity contribution is 5.03. The molecule has 0 amide bonds. The number of fused-ring (bicyclic) bond motifs is 1. The van der Waals surface area contributed by atoms with E-state index in [1.807, 2.05) is 17.7 Å². The Hall–Kier alpha value is -1.69. The topological polar surface area (TPSA) is 68.8 Å². The molecule has 3 heterocycles. The van der Waals surface area contributed by atoms with Crippen molar-refractivity contribution < 1.29 is 4.52 Å². The predicted octanol–water partition coefficient (Wildman–Crippen LogP) is 1.24. The van der Waals surface area contributed by atoms with Crippen LogP contribution in [0.2, 0.25) is 0 Å². The number of aromatic nitrogens is 4. The number of aryl methyl sites for hydroxylation is 3. The van der Waals surface area contributed by atoms with E-state index in [4.69, 9.17) is 4.52 Å². The molecule has 0 bridgehead atoms. The van der Waals surface area contributed by atoms with Gasteiger partial charge in [-0.1, -0.05) is 12.1 Å². The van der Waals surface area contributed by atoms with Crippen molar-refractivity contribution in [3.63, 3.8) is 0 Å². The van der Waals surface area contributed by atoms with E-state index in [1.165, 1.54) is 0 Å². The van der Waals surface area contributed by atoms with Crippen LogP contribution in [-0.2, 0) is 25.9 Å². The lowest BCUT2D eigenvalue weighted by Crippen LogP contribution is -2.37. The van der Waals surface area contributed by atoms with E-state index in [1.54, 1.807) is 0 Å². The summed E-state index contributed by atoms with van der Waals surface area (Å²) in [6, 6.07) is 2.38. The lowest BCUT2D eigenvalue weighted by atomic mass is 10.1. The van der Waals surface area contributed by atoms with E-state index >= 15 is 0 Å². The molecule has 3 rings (SSSR count). The normalized spacial score (nSPS) is 18.5. The van der Waals surface area contributed by atoms with E-state index in [0.717, 1.165) is 55.5 Å². The van der Waals surface area contributed by atoms with Crippen LogP contribution in [0.4, 0.5) is 0 Å². The number of hydrogen-bond acceptors (Lipinski definition) is 5. The summed E-state index contributed by atoms with van der Waals surface area (Å²) in [7, 11) is 0. The zero-order valence-electron chi connectivity index (χ0n) is 11.4. The van der Waals surface area contributed by atoms with Crippen molar-refractivity contribution in [2.75, 3.05) is 0 Å². The highest BCUT2D eigenvalue weighted by Crippen LogP contribution is 2.14. The van der Waals surface area contributed by atoms with Gasteiger partial charge in [0.1, 0.15) is 5.82 Å². The van der Waals surface area contributed by atoms with Crippen molar-refractivity contribution in [2.45, 2.75) is 52.2 Å². The van der Waals surface area contributed by atoms with Crippen LogP contribution in [0, 0.1) is 6.92 Å². The molecule has 1 N–H and O–H groups in total. The minimum absolute atomic E-state index is 0.421. The van der Waals surface area contributed by atoms with Crippen LogP contribution in [0.5, 0.6) is 0 Å². The fourth-order valence-electron chi connectivity index (χ4n) is 2.42. The minimum Gasteiger partial charge on any atom is -0.360 e. The molecule has 2 aromatic rings. The van der Waals surface area contributed by atoms with Gasteiger partial charge in [-0.3, -0.25) is 0 Å². The van der Waals surface area contributed by atoms with Gasteiger partial charge in [-0.05, 0) is 13.3 Å². The van der Waals surface area contributed by atoms with Crippen molar-refractivity contribution in [1.29, 1.82) is 0 Å². The zero-order chi connectivity index (χ0) is 13.2. The smallest absolute Gasteiger partial charge is 0.150 e. The van der Waals surface area contributed by atoms with Crippen molar-refractivity contribution in [3.8, 4) is 0 Å². The van der Waals surface area contributed by atoms with E-state index < -0.39 is 0 Å². The number of nitrogens with zero attached hydrogens (tertiary/aromatic N) is 4. The number of hydrogen-bond donors (Lipinski definition) is 1. The van der Waals surface area contributed by atoms with Gasteiger partial charge in [0, 0.05) is 24.9 Å². The third-order valence-corrected chi connectivity index (χ3v) is 3.46. The SMILES string of the molecule is CCc1nc2n(n1)C[C@@H](NCc1cc(C)no1)CC2. The second-order valence-electron chi connectivity index (χ2n) is 5.03. The van der Waals surface area contributed by atoms with Crippen LogP contribution in [0.1, 0.15) is 36.4 Å². The van der Waals surface area contributed by atoms with Crippen LogP contribution >= 0.6 is 0 Å². The molecule has 1 atom stereocenters. The monoisotopic (exact) mass is 261 g/mol. The summed E-state index contributed by atoms with van der Waals surface area (Å²) in [4.78, 5) is 4.52. The maximum Gasteiger partial charge on any atom is 0.150 e. The minimum atomic E-state index is 0.421. The largest absolute Gasteiger partial charge is 0.360 e. The van der Waals surface area contributed by atoms with Gasteiger partial charge in [0.15, 0.2) is 11.6 Å². The van der Waals surface area contributed by atoms with Gasteiger partial charge in [0.25, 0.3) is 0 Å². The summed E-state index contributed by atoms with van der Waals surface area (Å²) in [5.41, 5.74) is 0.923. The van der Waals surface area contributed by atoms with Crippen LogP contribution < -0.4 is 5.32 Å². The van der Waals surface area contributed by atoms with E-state index in [2.05, 4.69) is 27.5 Å². The Balaban J connectivity index is 1.59. The van der Waals surface area contributed by atoms with Gasteiger partial charge < -0.3 is 9.84 Å². The molecule has 0 aromatic carbocycles. The Morgan fingerprint density at radius 1 is 1.53 bits per heavy atom. The zero-order valence-corrected chi connectivity index (χ0v) is 11.4. The summed E-state index contributed by atoms with van der Waals surface area (Å²) >= 11 is 0. The first-order chi connectivity index (χ1) is 9.24. The molecular formula is C13H19N5O. The van der Waals surface area contributed by atoms with E-state index in [-0.39, 0.29) is 0 Å². The Morgan fingerprint density at radius 3 is 3.16 bits per heavy atom. The summed E-state index contributed by atoms with van der Waals surface area (Å²) < 4.78 is 7.23. The van der Waals surface area contributed by atoms with Crippen molar-refractivity contribution in [1.82, 2.24) is 25.2 Å². The van der Waals surface area contributed by atoms with Crippen molar-refractivity contribution in [2.24, 2.45) is 0 Å². The van der Waals surface area contributed by atoms with Crippen molar-refractivity contribution >= 4 is 0 Å². The lowest BCUT2D eigenvalue weighted by Gasteiger charge is -2.23. The molecule has 6 nitrogen and oxygen atoms in total. The number of rotatable bonds is 4. The predicted molar refractivity (Wildman–Crippen MR) is 69.6 cm³/mol. The second kappa shape index (κ2) is 5.13. The van der Waals surface area contributed by atoms with Gasteiger partial charge >= 0.3 is 0 Å². The molecule has 0 saturated carbocycles. The summed E-state index contributed by atoms with van der Waals surface area (Å²) in [6.45, 7) is 5.62. The molecule has 6 heteroatoms. The van der Waals surface area contributed by atoms with Crippen LogP contribution in [0.25, 0.3) is 0 Å². The Bertz CT molecular complexity index is 559. The first kappa shape index (κ1) is 12.3. The Labute approximate surface area is 112 Å². The molecule has 0 saturated heterocycles. The second-order valence-corrected chi connectivity index (χ2v) is 5.03. The molecule has 0 spiro atoms. The first-order valence-corrected chi connectivity index (χ1v) is 6.82. The molecule has 0 unspecified atom stereocenters. The van der Waals surface area contributed by atoms with Gasteiger partial charge in [-0.15, -0.1) is 0 Å². The quantitative estimate of drug-likeness (QED) is 0.896. The Kier molecular flexibility index (Phi) is 3.33. The lowest BCUT2D eigenvalue weighted by molar-refractivity contribution is 0.323. The molecule has 1 aliphatic rings. The van der Waals surface area contributed by atoms with Crippen LogP contribution in [0.3, 0.4) is 0 Å². The molecule has 0 fully saturated rings. The number of nitrogens with one attached hydrogen (secondary N) is 1. The third-order valence-electron chi connectivity index (χ3n) is 3.46. The van der Waals surface area contributed by atoms with E-state index in [9.17, 15) is 0 Å². The van der Waals surface area contributed by atoms with Gasteiger partial charge in [0.2, 0.25) is 0 Å². The molecule has 0 radical (unpaired) electrons. The summed E-state index contributed by atoms with van der Waals surface area (Å²) in [5, 5.41) is 11.9. The third kappa shape index (κ3) is 2.68. The fourth-order valence-corrected chi connectivity index (χ4v) is 2.42. The first-order valence-electron chi connectivity index (χ1n) is 6.82. The average molecular weight is 261 g/mol. The van der Waals surface area contributed by atoms with Crippen LogP contribution in [0.15, 0.2) is 10.6 Å².